The van der Waals surface area contributed by atoms with Crippen molar-refractivity contribution in [3.63, 3.8) is 0 Å². The lowest BCUT2D eigenvalue weighted by Gasteiger charge is -2.36. The van der Waals surface area contributed by atoms with E-state index in [9.17, 15) is 14.7 Å². The lowest BCUT2D eigenvalue weighted by atomic mass is 9.98. The van der Waals surface area contributed by atoms with Gasteiger partial charge in [0.05, 0.1) is 6.61 Å². The van der Waals surface area contributed by atoms with Crippen molar-refractivity contribution in [3.05, 3.63) is 58.8 Å². The number of esters is 1. The van der Waals surface area contributed by atoms with Gasteiger partial charge in [0.25, 0.3) is 0 Å². The van der Waals surface area contributed by atoms with Gasteiger partial charge in [0.1, 0.15) is 17.1 Å². The number of aromatic hydroxyl groups is 1. The van der Waals surface area contributed by atoms with E-state index in [1.54, 1.807) is 29.2 Å². The van der Waals surface area contributed by atoms with Crippen LogP contribution in [0.4, 0.5) is 5.82 Å². The quantitative estimate of drug-likeness (QED) is 0.604. The zero-order valence-corrected chi connectivity index (χ0v) is 17.9. The van der Waals surface area contributed by atoms with E-state index < -0.39 is 0 Å². The number of benzene rings is 1. The Morgan fingerprint density at radius 1 is 1.19 bits per heavy atom. The minimum atomic E-state index is -0.317. The third-order valence-corrected chi connectivity index (χ3v) is 5.74. The normalized spacial score (nSPS) is 16.5. The fourth-order valence-electron chi connectivity index (χ4n) is 3.91. The molecule has 2 aromatic rings. The number of para-hydroxylation sites is 1. The maximum absolute atomic E-state index is 12.6. The number of fused-ring (bicyclic) bond motifs is 1. The van der Waals surface area contributed by atoms with Crippen LogP contribution in [0, 0.1) is 0 Å². The van der Waals surface area contributed by atoms with E-state index in [1.807, 2.05) is 12.1 Å². The van der Waals surface area contributed by atoms with Crippen molar-refractivity contribution in [2.75, 3.05) is 37.7 Å². The summed E-state index contributed by atoms with van der Waals surface area (Å²) in [5.74, 6) is 0.646. The number of carbonyl (C=O) groups excluding carboxylic acids is 2. The van der Waals surface area contributed by atoms with Gasteiger partial charge >= 0.3 is 5.97 Å². The van der Waals surface area contributed by atoms with Crippen molar-refractivity contribution < 1.29 is 19.4 Å². The van der Waals surface area contributed by atoms with E-state index in [-0.39, 0.29) is 23.5 Å². The molecule has 0 saturated carbocycles. The largest absolute Gasteiger partial charge is 0.507 e. The summed E-state index contributed by atoms with van der Waals surface area (Å²) in [5, 5.41) is 9.85. The molecular formula is C24H27N3O4. The first kappa shape index (κ1) is 20.9. The Morgan fingerprint density at radius 2 is 1.94 bits per heavy atom. The zero-order chi connectivity index (χ0) is 22.0. The molecule has 0 bridgehead atoms. The van der Waals surface area contributed by atoms with Crippen LogP contribution >= 0.6 is 0 Å². The summed E-state index contributed by atoms with van der Waals surface area (Å²) in [5.41, 5.74) is 3.13. The average Bonchev–Trinajstić information content (AvgIpc) is 2.78. The third-order valence-electron chi connectivity index (χ3n) is 5.74. The lowest BCUT2D eigenvalue weighted by Crippen LogP contribution is -2.49. The second-order valence-electron chi connectivity index (χ2n) is 8.15. The average molecular weight is 421 g/mol. The van der Waals surface area contributed by atoms with Gasteiger partial charge in [-0.05, 0) is 29.7 Å². The van der Waals surface area contributed by atoms with Crippen molar-refractivity contribution >= 4 is 23.8 Å². The smallest absolute Gasteiger partial charge is 0.342 e. The lowest BCUT2D eigenvalue weighted by molar-refractivity contribution is -0.126. The number of amides is 1. The van der Waals surface area contributed by atoms with Crippen molar-refractivity contribution in [2.24, 2.45) is 0 Å². The van der Waals surface area contributed by atoms with Gasteiger partial charge in [-0.2, -0.15) is 0 Å². The van der Waals surface area contributed by atoms with Gasteiger partial charge in [0.15, 0.2) is 0 Å². The first-order chi connectivity index (χ1) is 14.9. The summed E-state index contributed by atoms with van der Waals surface area (Å²) in [6, 6.07) is 8.92. The Morgan fingerprint density at radius 3 is 2.65 bits per heavy atom. The predicted octanol–water partition coefficient (Wildman–Crippen LogP) is 2.99. The number of hydrogen-bond acceptors (Lipinski definition) is 6. The summed E-state index contributed by atoms with van der Waals surface area (Å²) < 4.78 is 5.28. The van der Waals surface area contributed by atoms with Gasteiger partial charge in [-0.15, -0.1) is 0 Å². The maximum Gasteiger partial charge on any atom is 0.342 e. The Balaban J connectivity index is 1.49. The van der Waals surface area contributed by atoms with Crippen molar-refractivity contribution in [1.82, 2.24) is 9.88 Å². The summed E-state index contributed by atoms with van der Waals surface area (Å²) >= 11 is 0. The summed E-state index contributed by atoms with van der Waals surface area (Å²) in [4.78, 5) is 33.7. The van der Waals surface area contributed by atoms with Crippen molar-refractivity contribution in [2.45, 2.75) is 26.2 Å². The molecule has 7 heteroatoms. The number of phenolic OH excluding ortho intramolecular Hbond substituents is 1. The number of ether oxygens (including phenoxy) is 1. The van der Waals surface area contributed by atoms with Gasteiger partial charge in [-0.1, -0.05) is 32.0 Å². The standard InChI is InChI=1S/C24H27N3O4/c1-16(2)19-15-18-9-14-31-24(30)22(18)23(25-19)27-12-10-26(11-13-27)21(29)8-7-17-5-3-4-6-20(17)28/h3-8,15-16,28H,9-14H2,1-2H3. The highest BCUT2D eigenvalue weighted by Gasteiger charge is 2.30. The monoisotopic (exact) mass is 421 g/mol. The van der Waals surface area contributed by atoms with Gasteiger partial charge in [0.2, 0.25) is 5.91 Å². The molecule has 0 spiro atoms. The molecular weight excluding hydrogens is 394 g/mol. The molecule has 0 aliphatic carbocycles. The highest BCUT2D eigenvalue weighted by atomic mass is 16.5. The number of phenols is 1. The maximum atomic E-state index is 12.6. The van der Waals surface area contributed by atoms with Crippen LogP contribution in [-0.4, -0.2) is 59.7 Å². The molecule has 162 valence electrons. The number of carbonyl (C=O) groups is 2. The number of piperazine rings is 1. The molecule has 1 amide bonds. The van der Waals surface area contributed by atoms with Gasteiger partial charge in [-0.3, -0.25) is 4.79 Å². The van der Waals surface area contributed by atoms with E-state index in [2.05, 4.69) is 18.7 Å². The Hall–Kier alpha value is -3.35. The van der Waals surface area contributed by atoms with E-state index in [4.69, 9.17) is 9.72 Å². The zero-order valence-electron chi connectivity index (χ0n) is 17.9. The SMILES string of the molecule is CC(C)c1cc2c(c(N3CCN(C(=O)C=Cc4ccccc4O)CC3)n1)C(=O)OCC2. The molecule has 3 heterocycles. The van der Waals surface area contributed by atoms with Gasteiger partial charge in [0, 0.05) is 49.9 Å². The molecule has 31 heavy (non-hydrogen) atoms. The van der Waals surface area contributed by atoms with Crippen LogP contribution in [0.2, 0.25) is 0 Å². The number of rotatable bonds is 4. The summed E-state index contributed by atoms with van der Waals surface area (Å²) in [6.07, 6.45) is 3.82. The molecule has 2 aliphatic rings. The van der Waals surface area contributed by atoms with Gasteiger partial charge < -0.3 is 19.6 Å². The molecule has 1 N–H and O–H groups in total. The number of pyridine rings is 1. The molecule has 1 aromatic carbocycles. The predicted molar refractivity (Wildman–Crippen MR) is 118 cm³/mol. The first-order valence-corrected chi connectivity index (χ1v) is 10.6. The van der Waals surface area contributed by atoms with Crippen LogP contribution in [-0.2, 0) is 16.0 Å². The molecule has 1 saturated heterocycles. The van der Waals surface area contributed by atoms with Crippen molar-refractivity contribution in [1.29, 1.82) is 0 Å². The van der Waals surface area contributed by atoms with E-state index in [0.29, 0.717) is 56.2 Å². The number of cyclic esters (lactones) is 1. The van der Waals surface area contributed by atoms with Crippen LogP contribution < -0.4 is 4.90 Å². The number of aromatic nitrogens is 1. The number of anilines is 1. The van der Waals surface area contributed by atoms with Crippen molar-refractivity contribution in [3.8, 4) is 5.75 Å². The fraction of sp³-hybridized carbons (Fsp3) is 0.375. The number of nitrogens with zero attached hydrogens (tertiary/aromatic N) is 3. The summed E-state index contributed by atoms with van der Waals surface area (Å²) in [6.45, 7) is 6.82. The molecule has 0 radical (unpaired) electrons. The topological polar surface area (TPSA) is 83.0 Å². The van der Waals surface area contributed by atoms with Crippen LogP contribution in [0.3, 0.4) is 0 Å². The highest BCUT2D eigenvalue weighted by Crippen LogP contribution is 2.30. The summed E-state index contributed by atoms with van der Waals surface area (Å²) in [7, 11) is 0. The van der Waals surface area contributed by atoms with Crippen LogP contribution in [0.25, 0.3) is 6.08 Å². The Kier molecular flexibility index (Phi) is 5.93. The Bertz CT molecular complexity index is 1020. The molecule has 7 nitrogen and oxygen atoms in total. The highest BCUT2D eigenvalue weighted by molar-refractivity contribution is 5.97. The molecule has 2 aliphatic heterocycles. The molecule has 1 fully saturated rings. The minimum Gasteiger partial charge on any atom is -0.507 e. The third kappa shape index (κ3) is 4.40. The Labute approximate surface area is 182 Å². The second-order valence-corrected chi connectivity index (χ2v) is 8.15. The van der Waals surface area contributed by atoms with E-state index in [0.717, 1.165) is 11.3 Å². The first-order valence-electron chi connectivity index (χ1n) is 10.6. The molecule has 0 unspecified atom stereocenters. The van der Waals surface area contributed by atoms with Crippen LogP contribution in [0.1, 0.15) is 46.9 Å². The molecule has 4 rings (SSSR count). The van der Waals surface area contributed by atoms with E-state index >= 15 is 0 Å². The number of hydrogen-bond donors (Lipinski definition) is 1. The fourth-order valence-corrected chi connectivity index (χ4v) is 3.91. The van der Waals surface area contributed by atoms with E-state index in [1.165, 1.54) is 6.08 Å². The molecule has 1 aromatic heterocycles. The van der Waals surface area contributed by atoms with Crippen LogP contribution in [0.5, 0.6) is 5.75 Å². The van der Waals surface area contributed by atoms with Crippen LogP contribution in [0.15, 0.2) is 36.4 Å². The second kappa shape index (κ2) is 8.79. The minimum absolute atomic E-state index is 0.103. The molecule has 0 atom stereocenters. The van der Waals surface area contributed by atoms with Gasteiger partial charge in [-0.25, -0.2) is 9.78 Å².